The SMILES string of the molecule is CC(C)[C@H](N)C(=O)NCC(=O)Nc1ccc(C(=O)Nc2cccnc2)cc1.Cl.Cl. The molecule has 2 rings (SSSR count). The Bertz CT molecular complexity index is 801. The smallest absolute Gasteiger partial charge is 0.255 e. The minimum absolute atomic E-state index is 0. The molecule has 0 unspecified atom stereocenters. The quantitative estimate of drug-likeness (QED) is 0.523. The second-order valence-corrected chi connectivity index (χ2v) is 6.31. The standard InChI is InChI=1S/C19H23N5O3.2ClH/c1-12(2)17(20)19(27)22-11-16(25)23-14-7-5-13(6-8-14)18(26)24-15-4-3-9-21-10-15;;/h3-10,12,17H,11,20H2,1-2H3,(H,22,27)(H,23,25)(H,24,26);2*1H/t17-;;/m0../s1. The zero-order valence-electron chi connectivity index (χ0n) is 16.0. The van der Waals surface area contributed by atoms with E-state index in [9.17, 15) is 14.4 Å². The summed E-state index contributed by atoms with van der Waals surface area (Å²) in [6, 6.07) is 9.20. The fraction of sp³-hybridized carbons (Fsp3) is 0.263. The highest BCUT2D eigenvalue weighted by Gasteiger charge is 2.17. The lowest BCUT2D eigenvalue weighted by Crippen LogP contribution is -2.46. The number of hydrogen-bond acceptors (Lipinski definition) is 5. The topological polar surface area (TPSA) is 126 Å². The first-order chi connectivity index (χ1) is 12.9. The van der Waals surface area contributed by atoms with Crippen molar-refractivity contribution in [1.82, 2.24) is 10.3 Å². The van der Waals surface area contributed by atoms with Crippen molar-refractivity contribution in [3.05, 3.63) is 54.4 Å². The van der Waals surface area contributed by atoms with Crippen LogP contribution in [0.15, 0.2) is 48.8 Å². The highest BCUT2D eigenvalue weighted by Crippen LogP contribution is 2.12. The molecule has 2 aromatic rings. The van der Waals surface area contributed by atoms with Crippen LogP contribution in [0.1, 0.15) is 24.2 Å². The van der Waals surface area contributed by atoms with E-state index in [1.807, 2.05) is 13.8 Å². The van der Waals surface area contributed by atoms with Gasteiger partial charge in [0.25, 0.3) is 5.91 Å². The van der Waals surface area contributed by atoms with Crippen LogP contribution >= 0.6 is 24.8 Å². The predicted molar refractivity (Wildman–Crippen MR) is 118 cm³/mol. The summed E-state index contributed by atoms with van der Waals surface area (Å²) < 4.78 is 0. The molecular weight excluding hydrogens is 417 g/mol. The first kappa shape index (κ1) is 26.3. The molecule has 0 aliphatic carbocycles. The van der Waals surface area contributed by atoms with Crippen molar-refractivity contribution >= 4 is 53.9 Å². The lowest BCUT2D eigenvalue weighted by atomic mass is 10.1. The van der Waals surface area contributed by atoms with E-state index < -0.39 is 6.04 Å². The van der Waals surface area contributed by atoms with Gasteiger partial charge in [0, 0.05) is 17.4 Å². The summed E-state index contributed by atoms with van der Waals surface area (Å²) in [5, 5.41) is 7.86. The Balaban J connectivity index is 0.00000392. The van der Waals surface area contributed by atoms with Crippen LogP contribution in [0, 0.1) is 5.92 Å². The average Bonchev–Trinajstić information content (AvgIpc) is 2.66. The molecule has 0 bridgehead atoms. The summed E-state index contributed by atoms with van der Waals surface area (Å²) in [6.07, 6.45) is 3.16. The number of nitrogens with two attached hydrogens (primary N) is 1. The van der Waals surface area contributed by atoms with Gasteiger partial charge < -0.3 is 21.7 Å². The molecule has 29 heavy (non-hydrogen) atoms. The minimum Gasteiger partial charge on any atom is -0.346 e. The van der Waals surface area contributed by atoms with Crippen LogP contribution in [0.4, 0.5) is 11.4 Å². The summed E-state index contributed by atoms with van der Waals surface area (Å²) in [7, 11) is 0. The van der Waals surface area contributed by atoms with Gasteiger partial charge in [-0.1, -0.05) is 13.8 Å². The molecule has 3 amide bonds. The van der Waals surface area contributed by atoms with E-state index in [2.05, 4.69) is 20.9 Å². The molecule has 0 saturated heterocycles. The van der Waals surface area contributed by atoms with Gasteiger partial charge in [0.05, 0.1) is 24.5 Å². The van der Waals surface area contributed by atoms with E-state index in [4.69, 9.17) is 5.73 Å². The van der Waals surface area contributed by atoms with Gasteiger partial charge >= 0.3 is 0 Å². The van der Waals surface area contributed by atoms with Crippen molar-refractivity contribution in [2.45, 2.75) is 19.9 Å². The van der Waals surface area contributed by atoms with Crippen molar-refractivity contribution in [2.24, 2.45) is 11.7 Å². The molecule has 5 N–H and O–H groups in total. The molecule has 1 heterocycles. The molecule has 158 valence electrons. The zero-order valence-corrected chi connectivity index (χ0v) is 17.7. The van der Waals surface area contributed by atoms with Gasteiger partial charge in [0.2, 0.25) is 11.8 Å². The van der Waals surface area contributed by atoms with Gasteiger partial charge in [0.15, 0.2) is 0 Å². The van der Waals surface area contributed by atoms with E-state index in [-0.39, 0.29) is 55.0 Å². The number of carbonyl (C=O) groups is 3. The molecule has 1 aromatic carbocycles. The third kappa shape index (κ3) is 8.47. The summed E-state index contributed by atoms with van der Waals surface area (Å²) in [6.45, 7) is 3.48. The Morgan fingerprint density at radius 1 is 1.00 bits per heavy atom. The van der Waals surface area contributed by atoms with E-state index >= 15 is 0 Å². The van der Waals surface area contributed by atoms with Gasteiger partial charge in [-0.3, -0.25) is 19.4 Å². The van der Waals surface area contributed by atoms with Gasteiger partial charge in [-0.15, -0.1) is 24.8 Å². The van der Waals surface area contributed by atoms with Crippen LogP contribution in [-0.2, 0) is 9.59 Å². The summed E-state index contributed by atoms with van der Waals surface area (Å²) in [5.41, 5.74) is 7.26. The number of rotatable bonds is 7. The lowest BCUT2D eigenvalue weighted by Gasteiger charge is -2.15. The number of anilines is 2. The van der Waals surface area contributed by atoms with E-state index in [1.54, 1.807) is 48.8 Å². The maximum absolute atomic E-state index is 12.2. The third-order valence-electron chi connectivity index (χ3n) is 3.79. The first-order valence-corrected chi connectivity index (χ1v) is 8.51. The average molecular weight is 442 g/mol. The summed E-state index contributed by atoms with van der Waals surface area (Å²) >= 11 is 0. The minimum atomic E-state index is -0.657. The van der Waals surface area contributed by atoms with Crippen LogP contribution in [0.5, 0.6) is 0 Å². The number of aromatic nitrogens is 1. The normalized spacial score (nSPS) is 10.8. The Hall–Kier alpha value is -2.68. The highest BCUT2D eigenvalue weighted by atomic mass is 35.5. The Morgan fingerprint density at radius 2 is 1.66 bits per heavy atom. The summed E-state index contributed by atoms with van der Waals surface area (Å²) in [5.74, 6) is -1.05. The molecule has 1 atom stereocenters. The van der Waals surface area contributed by atoms with Crippen molar-refractivity contribution in [3.8, 4) is 0 Å². The Morgan fingerprint density at radius 3 is 2.21 bits per heavy atom. The largest absolute Gasteiger partial charge is 0.346 e. The van der Waals surface area contributed by atoms with Crippen LogP contribution in [0.3, 0.4) is 0 Å². The Kier molecular flexibility index (Phi) is 11.5. The van der Waals surface area contributed by atoms with Crippen molar-refractivity contribution in [3.63, 3.8) is 0 Å². The number of halogens is 2. The number of benzene rings is 1. The molecule has 0 radical (unpaired) electrons. The van der Waals surface area contributed by atoms with Crippen molar-refractivity contribution in [1.29, 1.82) is 0 Å². The van der Waals surface area contributed by atoms with Gasteiger partial charge in [-0.2, -0.15) is 0 Å². The fourth-order valence-electron chi connectivity index (χ4n) is 2.14. The van der Waals surface area contributed by atoms with Crippen LogP contribution in [0.2, 0.25) is 0 Å². The van der Waals surface area contributed by atoms with Gasteiger partial charge in [-0.05, 0) is 42.3 Å². The van der Waals surface area contributed by atoms with E-state index in [1.165, 1.54) is 0 Å². The number of carbonyl (C=O) groups excluding carboxylic acids is 3. The molecule has 1 aromatic heterocycles. The molecule has 0 fully saturated rings. The molecule has 10 heteroatoms. The third-order valence-corrected chi connectivity index (χ3v) is 3.79. The monoisotopic (exact) mass is 441 g/mol. The summed E-state index contributed by atoms with van der Waals surface area (Å²) in [4.78, 5) is 39.7. The second kappa shape index (κ2) is 12.7. The fourth-order valence-corrected chi connectivity index (χ4v) is 2.14. The number of nitrogens with one attached hydrogen (secondary N) is 3. The zero-order chi connectivity index (χ0) is 19.8. The molecule has 0 aliphatic rings. The van der Waals surface area contributed by atoms with Gasteiger partial charge in [-0.25, -0.2) is 0 Å². The van der Waals surface area contributed by atoms with E-state index in [0.29, 0.717) is 16.9 Å². The maximum atomic E-state index is 12.2. The first-order valence-electron chi connectivity index (χ1n) is 8.51. The number of pyridine rings is 1. The molecule has 8 nitrogen and oxygen atoms in total. The second-order valence-electron chi connectivity index (χ2n) is 6.31. The van der Waals surface area contributed by atoms with Crippen LogP contribution < -0.4 is 21.7 Å². The molecule has 0 saturated carbocycles. The predicted octanol–water partition coefficient (Wildman–Crippen LogP) is 2.22. The van der Waals surface area contributed by atoms with E-state index in [0.717, 1.165) is 0 Å². The van der Waals surface area contributed by atoms with Crippen LogP contribution in [-0.4, -0.2) is 35.3 Å². The lowest BCUT2D eigenvalue weighted by molar-refractivity contribution is -0.125. The van der Waals surface area contributed by atoms with Crippen molar-refractivity contribution < 1.29 is 14.4 Å². The number of nitrogens with zero attached hydrogens (tertiary/aromatic N) is 1. The van der Waals surface area contributed by atoms with Crippen LogP contribution in [0.25, 0.3) is 0 Å². The number of hydrogen-bond donors (Lipinski definition) is 4. The van der Waals surface area contributed by atoms with Gasteiger partial charge in [0.1, 0.15) is 0 Å². The molecular formula is C19H25Cl2N5O3. The highest BCUT2D eigenvalue weighted by molar-refractivity contribution is 6.04. The Labute approximate surface area is 181 Å². The molecule has 0 aliphatic heterocycles. The van der Waals surface area contributed by atoms with Crippen molar-refractivity contribution in [2.75, 3.05) is 17.2 Å². The molecule has 0 spiro atoms. The maximum Gasteiger partial charge on any atom is 0.255 e. The number of amides is 3.